The molecule has 0 heterocycles. The highest BCUT2D eigenvalue weighted by Crippen LogP contribution is 2.38. The standard InChI is InChI=1S/C70H121N2O6P/c1-6-8-10-12-14-16-18-20-22-24-25-26-27-28-29-30-31-32-33-34-35-36-37-38-39-40-41-42-43-44-45-46-47-48-50-52-54-56-58-60-62-64-70(74)71-68(67-78-79(75,76)77-66-65-72(3,4)5)69(73)63-61-59-57-55-53-51-49-23-21-19-17-15-13-11-9-7-2/h8,10,14,16,20,22,25-26,28-29,31-32,34-35,37-38,40-41,53,55,61,63,68-69,73H,6-7,9,11-13,15,17-19,21,23-24,27,30,33,36,39,42-52,54,56-60,62,64-67H2,1-5H3,(H-,71,74,75,76)/b10-8-,16-14-,22-20-,26-25-,29-28-,32-31-,35-34-,38-37-,41-40-,55-53+,63-61+. The summed E-state index contributed by atoms with van der Waals surface area (Å²) >= 11 is 0. The molecule has 0 aliphatic heterocycles. The molecule has 0 aliphatic carbocycles. The predicted molar refractivity (Wildman–Crippen MR) is 343 cm³/mol. The molecule has 9 heteroatoms. The number of carbonyl (C=O) groups is 1. The van der Waals surface area contributed by atoms with Crippen LogP contribution in [0.15, 0.2) is 134 Å². The summed E-state index contributed by atoms with van der Waals surface area (Å²) in [6.07, 6.45) is 89.8. The summed E-state index contributed by atoms with van der Waals surface area (Å²) in [5.74, 6) is -0.213. The molecule has 8 nitrogen and oxygen atoms in total. The lowest BCUT2D eigenvalue weighted by Gasteiger charge is -2.29. The lowest BCUT2D eigenvalue weighted by molar-refractivity contribution is -0.870. The van der Waals surface area contributed by atoms with E-state index in [1.807, 2.05) is 27.2 Å². The van der Waals surface area contributed by atoms with Gasteiger partial charge in [0.1, 0.15) is 13.2 Å². The second-order valence-corrected chi connectivity index (χ2v) is 23.8. The number of hydrogen-bond donors (Lipinski definition) is 2. The number of quaternary nitrogens is 1. The molecule has 79 heavy (non-hydrogen) atoms. The normalized spacial score (nSPS) is 14.7. The van der Waals surface area contributed by atoms with E-state index in [-0.39, 0.29) is 12.5 Å². The third-order valence-electron chi connectivity index (χ3n) is 13.6. The quantitative estimate of drug-likeness (QED) is 0.0272. The van der Waals surface area contributed by atoms with Crippen molar-refractivity contribution in [1.82, 2.24) is 5.32 Å². The molecule has 0 spiro atoms. The number of unbranched alkanes of at least 4 members (excludes halogenated alkanes) is 24. The van der Waals surface area contributed by atoms with Crippen LogP contribution in [0.2, 0.25) is 0 Å². The Kier molecular flexibility index (Phi) is 56.7. The molecule has 0 aromatic carbocycles. The highest BCUT2D eigenvalue weighted by molar-refractivity contribution is 7.45. The van der Waals surface area contributed by atoms with Crippen LogP contribution in [-0.2, 0) is 18.4 Å². The van der Waals surface area contributed by atoms with Crippen LogP contribution in [0.4, 0.5) is 0 Å². The largest absolute Gasteiger partial charge is 0.756 e. The zero-order valence-corrected chi connectivity index (χ0v) is 52.4. The molecule has 0 aliphatic rings. The van der Waals surface area contributed by atoms with Gasteiger partial charge in [-0.2, -0.15) is 0 Å². The van der Waals surface area contributed by atoms with Gasteiger partial charge in [-0.25, -0.2) is 0 Å². The molecule has 0 aromatic heterocycles. The van der Waals surface area contributed by atoms with Crippen LogP contribution in [0.3, 0.4) is 0 Å². The maximum atomic E-state index is 13.0. The van der Waals surface area contributed by atoms with Crippen molar-refractivity contribution in [2.75, 3.05) is 40.9 Å². The summed E-state index contributed by atoms with van der Waals surface area (Å²) in [7, 11) is 1.23. The molecular formula is C70H121N2O6P. The van der Waals surface area contributed by atoms with Gasteiger partial charge >= 0.3 is 0 Å². The van der Waals surface area contributed by atoms with Crippen LogP contribution < -0.4 is 10.2 Å². The van der Waals surface area contributed by atoms with Crippen molar-refractivity contribution in [1.29, 1.82) is 0 Å². The Morgan fingerprint density at radius 2 is 0.785 bits per heavy atom. The van der Waals surface area contributed by atoms with Gasteiger partial charge in [0.2, 0.25) is 5.91 Å². The number of phosphoric acid groups is 1. The zero-order valence-electron chi connectivity index (χ0n) is 51.5. The molecule has 1 amide bonds. The van der Waals surface area contributed by atoms with E-state index in [2.05, 4.69) is 141 Å². The first-order valence-electron chi connectivity index (χ1n) is 32.0. The van der Waals surface area contributed by atoms with E-state index in [9.17, 15) is 19.4 Å². The van der Waals surface area contributed by atoms with Crippen molar-refractivity contribution < 1.29 is 32.9 Å². The van der Waals surface area contributed by atoms with Gasteiger partial charge in [0.05, 0.1) is 39.9 Å². The summed E-state index contributed by atoms with van der Waals surface area (Å²) in [4.78, 5) is 25.5. The second-order valence-electron chi connectivity index (χ2n) is 22.4. The molecule has 0 saturated carbocycles. The second kappa shape index (κ2) is 59.3. The van der Waals surface area contributed by atoms with Crippen molar-refractivity contribution in [2.24, 2.45) is 0 Å². The summed E-state index contributed by atoms with van der Waals surface area (Å²) in [6.45, 7) is 4.51. The van der Waals surface area contributed by atoms with E-state index in [1.165, 1.54) is 135 Å². The Bertz CT molecular complexity index is 1750. The molecule has 3 atom stereocenters. The number of rotatable bonds is 57. The van der Waals surface area contributed by atoms with Crippen molar-refractivity contribution in [2.45, 2.75) is 264 Å². The lowest BCUT2D eigenvalue weighted by atomic mass is 10.0. The molecule has 3 unspecified atom stereocenters. The smallest absolute Gasteiger partial charge is 0.268 e. The third-order valence-corrected chi connectivity index (χ3v) is 14.6. The van der Waals surface area contributed by atoms with Crippen LogP contribution in [0.5, 0.6) is 0 Å². The summed E-state index contributed by atoms with van der Waals surface area (Å²) in [5.41, 5.74) is 0. The number of nitrogens with one attached hydrogen (secondary N) is 1. The van der Waals surface area contributed by atoms with Gasteiger partial charge in [0.15, 0.2) is 0 Å². The maximum absolute atomic E-state index is 13.0. The first kappa shape index (κ1) is 75.6. The highest BCUT2D eigenvalue weighted by atomic mass is 31.2. The Morgan fingerprint density at radius 3 is 1.18 bits per heavy atom. The lowest BCUT2D eigenvalue weighted by Crippen LogP contribution is -2.45. The molecular weight excluding hydrogens is 996 g/mol. The van der Waals surface area contributed by atoms with Gasteiger partial charge in [-0.05, 0) is 103 Å². The molecule has 0 bridgehead atoms. The van der Waals surface area contributed by atoms with Crippen LogP contribution in [0.1, 0.15) is 251 Å². The number of allylic oxidation sites excluding steroid dienone is 21. The molecule has 0 saturated heterocycles. The SMILES string of the molecule is CC/C=C\C/C=C\C/C=C\C/C=C\C/C=C\C/C=C\C/C=C\C/C=C\C/C=C\CCCCCCCCCCCCCCCC(=O)NC(COP(=O)([O-])OCC[N+](C)(C)C)C(O)/C=C/CC/C=C/CCCCCCCCCCCC. The number of carbonyl (C=O) groups excluding carboxylic acids is 1. The topological polar surface area (TPSA) is 108 Å². The van der Waals surface area contributed by atoms with Crippen LogP contribution in [0, 0.1) is 0 Å². The van der Waals surface area contributed by atoms with E-state index in [0.29, 0.717) is 17.4 Å². The van der Waals surface area contributed by atoms with Crippen LogP contribution >= 0.6 is 7.82 Å². The zero-order chi connectivity index (χ0) is 57.7. The Morgan fingerprint density at radius 1 is 0.456 bits per heavy atom. The minimum Gasteiger partial charge on any atom is -0.756 e. The minimum atomic E-state index is -4.61. The molecule has 452 valence electrons. The van der Waals surface area contributed by atoms with Gasteiger partial charge in [0, 0.05) is 6.42 Å². The van der Waals surface area contributed by atoms with Crippen molar-refractivity contribution in [3.05, 3.63) is 134 Å². The van der Waals surface area contributed by atoms with Gasteiger partial charge in [-0.1, -0.05) is 276 Å². The fraction of sp³-hybridized carbons (Fsp3) is 0.671. The average molecular weight is 1120 g/mol. The van der Waals surface area contributed by atoms with Crippen molar-refractivity contribution in [3.8, 4) is 0 Å². The van der Waals surface area contributed by atoms with Crippen LogP contribution in [0.25, 0.3) is 0 Å². The monoisotopic (exact) mass is 1120 g/mol. The fourth-order valence-electron chi connectivity index (χ4n) is 8.63. The average Bonchev–Trinajstić information content (AvgIpc) is 3.42. The number of likely N-dealkylation sites (N-methyl/N-ethyl adjacent to an activating group) is 1. The van der Waals surface area contributed by atoms with E-state index in [4.69, 9.17) is 9.05 Å². The summed E-state index contributed by atoms with van der Waals surface area (Å²) < 4.78 is 23.3. The van der Waals surface area contributed by atoms with Crippen molar-refractivity contribution in [3.63, 3.8) is 0 Å². The van der Waals surface area contributed by atoms with Gasteiger partial charge in [-0.3, -0.25) is 9.36 Å². The summed E-state index contributed by atoms with van der Waals surface area (Å²) in [6, 6.07) is -0.912. The molecule has 2 N–H and O–H groups in total. The van der Waals surface area contributed by atoms with Crippen LogP contribution in [-0.4, -0.2) is 68.5 Å². The first-order chi connectivity index (χ1) is 38.5. The van der Waals surface area contributed by atoms with E-state index in [0.717, 1.165) is 96.3 Å². The van der Waals surface area contributed by atoms with Gasteiger partial charge in [0.25, 0.3) is 7.82 Å². The molecule has 0 rings (SSSR count). The number of aliphatic hydroxyl groups excluding tert-OH is 1. The van der Waals surface area contributed by atoms with E-state index < -0.39 is 26.6 Å². The predicted octanol–water partition coefficient (Wildman–Crippen LogP) is 19.6. The Balaban J connectivity index is 4.08. The van der Waals surface area contributed by atoms with Gasteiger partial charge < -0.3 is 28.8 Å². The van der Waals surface area contributed by atoms with E-state index in [1.54, 1.807) is 6.08 Å². The highest BCUT2D eigenvalue weighted by Gasteiger charge is 2.23. The third kappa shape index (κ3) is 62.1. The first-order valence-corrected chi connectivity index (χ1v) is 33.5. The Hall–Kier alpha value is -3.36. The number of amides is 1. The van der Waals surface area contributed by atoms with E-state index >= 15 is 0 Å². The van der Waals surface area contributed by atoms with Gasteiger partial charge in [-0.15, -0.1) is 0 Å². The number of nitrogens with zero attached hydrogens (tertiary/aromatic N) is 1. The number of aliphatic hydroxyl groups is 1. The fourth-order valence-corrected chi connectivity index (χ4v) is 9.36. The maximum Gasteiger partial charge on any atom is 0.268 e. The Labute approximate surface area is 487 Å². The molecule has 0 radical (unpaired) electrons. The summed E-state index contributed by atoms with van der Waals surface area (Å²) in [5, 5.41) is 13.9. The number of phosphoric ester groups is 1. The minimum absolute atomic E-state index is 0.0115. The molecule has 0 aromatic rings. The molecule has 0 fully saturated rings. The number of hydrogen-bond acceptors (Lipinski definition) is 6. The van der Waals surface area contributed by atoms with Crippen molar-refractivity contribution >= 4 is 13.7 Å².